The van der Waals surface area contributed by atoms with Gasteiger partial charge in [0, 0.05) is 27.4 Å². The highest BCUT2D eigenvalue weighted by Crippen LogP contribution is 2.52. The molecule has 43 heavy (non-hydrogen) atoms. The molecule has 0 spiro atoms. The fourth-order valence-electron chi connectivity index (χ4n) is 6.52. The molecule has 212 valence electrons. The molecule has 3 aliphatic heterocycles. The van der Waals surface area contributed by atoms with Gasteiger partial charge in [0.15, 0.2) is 0 Å². The Morgan fingerprint density at radius 3 is 1.49 bits per heavy atom. The van der Waals surface area contributed by atoms with Gasteiger partial charge in [0.25, 0.3) is 6.71 Å². The van der Waals surface area contributed by atoms with Crippen molar-refractivity contribution in [3.8, 4) is 23.0 Å². The lowest BCUT2D eigenvalue weighted by atomic mass is 9.34. The molecule has 0 bridgehead atoms. The van der Waals surface area contributed by atoms with E-state index in [2.05, 4.69) is 144 Å². The van der Waals surface area contributed by atoms with Crippen molar-refractivity contribution in [2.24, 2.45) is 0 Å². The molecule has 0 saturated heterocycles. The first-order valence-electron chi connectivity index (χ1n) is 15.0. The molecule has 3 aliphatic rings. The van der Waals surface area contributed by atoms with E-state index >= 15 is 0 Å². The van der Waals surface area contributed by atoms with Gasteiger partial charge in [0.2, 0.25) is 0 Å². The van der Waals surface area contributed by atoms with E-state index in [-0.39, 0.29) is 17.5 Å². The van der Waals surface area contributed by atoms with Crippen LogP contribution in [0, 0.1) is 0 Å². The summed E-state index contributed by atoms with van der Waals surface area (Å²) < 4.78 is 13.7. The number of fused-ring (bicyclic) bond motifs is 6. The quantitative estimate of drug-likeness (QED) is 0.181. The number of para-hydroxylation sites is 2. The number of rotatable bonds is 1. The molecule has 0 aliphatic carbocycles. The van der Waals surface area contributed by atoms with Crippen LogP contribution in [0.4, 0.5) is 17.1 Å². The first-order chi connectivity index (χ1) is 20.6. The minimum absolute atomic E-state index is 0.0136. The second-order valence-corrected chi connectivity index (χ2v) is 15.0. The Kier molecular flexibility index (Phi) is 5.68. The van der Waals surface area contributed by atoms with Crippen LogP contribution in [0.1, 0.15) is 52.7 Å². The molecule has 0 fully saturated rings. The maximum atomic E-state index is 6.85. The fourth-order valence-corrected chi connectivity index (χ4v) is 7.58. The lowest BCUT2D eigenvalue weighted by Crippen LogP contribution is -2.57. The number of anilines is 3. The van der Waals surface area contributed by atoms with Crippen molar-refractivity contribution >= 4 is 51.9 Å². The predicted molar refractivity (Wildman–Crippen MR) is 180 cm³/mol. The topological polar surface area (TPSA) is 21.7 Å². The van der Waals surface area contributed by atoms with Crippen LogP contribution in [-0.4, -0.2) is 6.71 Å². The van der Waals surface area contributed by atoms with Crippen LogP contribution in [0.2, 0.25) is 0 Å². The lowest BCUT2D eigenvalue weighted by Gasteiger charge is -2.37. The first-order valence-corrected chi connectivity index (χ1v) is 15.9. The van der Waals surface area contributed by atoms with Gasteiger partial charge in [-0.15, -0.1) is 0 Å². The van der Waals surface area contributed by atoms with E-state index in [1.807, 2.05) is 11.8 Å². The fraction of sp³-hybridized carbons (Fsp3) is 0.211. The maximum absolute atomic E-state index is 6.85. The van der Waals surface area contributed by atoms with Gasteiger partial charge in [-0.25, -0.2) is 0 Å². The van der Waals surface area contributed by atoms with Crippen molar-refractivity contribution in [3.63, 3.8) is 0 Å². The SMILES string of the molecule is CC(C)(C)c1ccc2c(c1)Oc1cc(N3c4ccccc4Sc4ccccc43)cc3c1B2c1ccc(C(C)(C)C)cc1O3. The van der Waals surface area contributed by atoms with E-state index in [1.165, 1.54) is 31.8 Å². The minimum Gasteiger partial charge on any atom is -0.458 e. The third kappa shape index (κ3) is 4.20. The van der Waals surface area contributed by atoms with Crippen LogP contribution in [-0.2, 0) is 10.8 Å². The summed E-state index contributed by atoms with van der Waals surface area (Å²) in [7, 11) is 0. The molecule has 3 nitrogen and oxygen atoms in total. The summed E-state index contributed by atoms with van der Waals surface area (Å²) in [5.74, 6) is 3.57. The zero-order valence-corrected chi connectivity index (χ0v) is 26.3. The molecule has 0 atom stereocenters. The number of nitrogens with zero attached hydrogens (tertiary/aromatic N) is 1. The predicted octanol–water partition coefficient (Wildman–Crippen LogP) is 8.94. The summed E-state index contributed by atoms with van der Waals surface area (Å²) >= 11 is 1.82. The Hall–Kier alpha value is -4.09. The number of hydrogen-bond donors (Lipinski definition) is 0. The summed E-state index contributed by atoms with van der Waals surface area (Å²) in [6, 6.07) is 35.2. The van der Waals surface area contributed by atoms with E-state index in [4.69, 9.17) is 9.47 Å². The minimum atomic E-state index is 0.0136. The van der Waals surface area contributed by atoms with Gasteiger partial charge in [-0.05, 0) is 69.3 Å². The largest absolute Gasteiger partial charge is 0.458 e. The van der Waals surface area contributed by atoms with Gasteiger partial charge in [-0.3, -0.25) is 0 Å². The molecular formula is C38H34BNO2S. The van der Waals surface area contributed by atoms with Crippen LogP contribution < -0.4 is 30.8 Å². The van der Waals surface area contributed by atoms with Crippen molar-refractivity contribution in [3.05, 3.63) is 108 Å². The summed E-state index contributed by atoms with van der Waals surface area (Å²) in [5.41, 5.74) is 9.37. The van der Waals surface area contributed by atoms with Crippen molar-refractivity contribution in [1.82, 2.24) is 0 Å². The first kappa shape index (κ1) is 26.5. The van der Waals surface area contributed by atoms with Crippen molar-refractivity contribution in [2.75, 3.05) is 4.90 Å². The standard InChI is InChI=1S/C38H34BNO2S/c1-37(2,3)23-15-17-26-30(19-23)41-32-21-25(40-28-11-7-9-13-34(28)43-35-14-10-8-12-29(35)40)22-33-36(32)39(26)27-18-16-24(38(4,5)6)20-31(27)42-33/h7-22H,1-6H3. The van der Waals surface area contributed by atoms with Crippen molar-refractivity contribution < 1.29 is 9.47 Å². The molecule has 5 heteroatoms. The Morgan fingerprint density at radius 1 is 0.558 bits per heavy atom. The third-order valence-electron chi connectivity index (χ3n) is 8.89. The zero-order valence-electron chi connectivity index (χ0n) is 25.5. The highest BCUT2D eigenvalue weighted by atomic mass is 32.2. The van der Waals surface area contributed by atoms with Crippen LogP contribution in [0.25, 0.3) is 0 Å². The zero-order chi connectivity index (χ0) is 29.7. The van der Waals surface area contributed by atoms with E-state index in [9.17, 15) is 0 Å². The molecule has 0 saturated carbocycles. The number of ether oxygens (including phenoxy) is 2. The molecule has 0 radical (unpaired) electrons. The normalized spacial score (nSPS) is 14.5. The van der Waals surface area contributed by atoms with E-state index < -0.39 is 0 Å². The molecule has 0 unspecified atom stereocenters. The molecule has 5 aromatic rings. The summed E-state index contributed by atoms with van der Waals surface area (Å²) in [5, 5.41) is 0. The van der Waals surface area contributed by atoms with Gasteiger partial charge in [0.05, 0.1) is 17.1 Å². The molecule has 3 heterocycles. The number of benzene rings is 5. The average molecular weight is 580 g/mol. The highest BCUT2D eigenvalue weighted by molar-refractivity contribution is 7.99. The lowest BCUT2D eigenvalue weighted by molar-refractivity contribution is 0.461. The third-order valence-corrected chi connectivity index (χ3v) is 10.0. The smallest absolute Gasteiger partial charge is 0.260 e. The van der Waals surface area contributed by atoms with Crippen LogP contribution in [0.5, 0.6) is 23.0 Å². The summed E-state index contributed by atoms with van der Waals surface area (Å²) in [6.45, 7) is 13.5. The molecule has 8 rings (SSSR count). The number of hydrogen-bond acceptors (Lipinski definition) is 4. The summed E-state index contributed by atoms with van der Waals surface area (Å²) in [4.78, 5) is 4.81. The van der Waals surface area contributed by atoms with E-state index in [0.717, 1.165) is 45.5 Å². The van der Waals surface area contributed by atoms with Gasteiger partial charge >= 0.3 is 0 Å². The molecule has 0 aromatic heterocycles. The van der Waals surface area contributed by atoms with Crippen LogP contribution in [0.3, 0.4) is 0 Å². The van der Waals surface area contributed by atoms with Gasteiger partial charge in [-0.2, -0.15) is 0 Å². The Bertz CT molecular complexity index is 1820. The second kappa shape index (κ2) is 9.21. The average Bonchev–Trinajstić information content (AvgIpc) is 2.98. The van der Waals surface area contributed by atoms with E-state index in [1.54, 1.807) is 0 Å². The Morgan fingerprint density at radius 2 is 1.02 bits per heavy atom. The monoisotopic (exact) mass is 579 g/mol. The highest BCUT2D eigenvalue weighted by Gasteiger charge is 2.42. The molecular weight excluding hydrogens is 545 g/mol. The summed E-state index contributed by atoms with van der Waals surface area (Å²) in [6.07, 6.45) is 0. The molecule has 0 N–H and O–H groups in total. The van der Waals surface area contributed by atoms with Crippen LogP contribution in [0.15, 0.2) is 107 Å². The second-order valence-electron chi connectivity index (χ2n) is 13.9. The molecule has 0 amide bonds. The van der Waals surface area contributed by atoms with Crippen LogP contribution >= 0.6 is 11.8 Å². The molecule has 5 aromatic carbocycles. The van der Waals surface area contributed by atoms with E-state index in [0.29, 0.717) is 0 Å². The Balaban J connectivity index is 1.37. The van der Waals surface area contributed by atoms with Gasteiger partial charge in [0.1, 0.15) is 23.0 Å². The van der Waals surface area contributed by atoms with Crippen molar-refractivity contribution in [2.45, 2.75) is 62.2 Å². The van der Waals surface area contributed by atoms with Gasteiger partial charge < -0.3 is 14.4 Å². The Labute approximate surface area is 258 Å². The van der Waals surface area contributed by atoms with Crippen molar-refractivity contribution in [1.29, 1.82) is 0 Å². The maximum Gasteiger partial charge on any atom is 0.260 e. The van der Waals surface area contributed by atoms with Gasteiger partial charge in [-0.1, -0.05) is 102 Å².